The first-order valence-corrected chi connectivity index (χ1v) is 7.37. The maximum Gasteiger partial charge on any atom is 0.239 e. The number of carbonyl (C=O) groups excluding carboxylic acids is 1. The highest BCUT2D eigenvalue weighted by Crippen LogP contribution is 2.25. The summed E-state index contributed by atoms with van der Waals surface area (Å²) in [5.74, 6) is 1.76. The first-order chi connectivity index (χ1) is 8.66. The Morgan fingerprint density at radius 2 is 2.22 bits per heavy atom. The van der Waals surface area contributed by atoms with Gasteiger partial charge in [0, 0.05) is 23.7 Å². The predicted molar refractivity (Wildman–Crippen MR) is 75.5 cm³/mol. The van der Waals surface area contributed by atoms with Crippen LogP contribution in [0.2, 0.25) is 0 Å². The number of hydrogen-bond acceptors (Lipinski definition) is 3. The lowest BCUT2D eigenvalue weighted by atomic mass is 10.2. The fourth-order valence-corrected chi connectivity index (χ4v) is 3.24. The molecule has 1 heterocycles. The molecule has 0 bridgehead atoms. The molecule has 2 atom stereocenters. The normalized spacial score (nSPS) is 21.0. The smallest absolute Gasteiger partial charge is 0.239 e. The Hall–Kier alpha value is -1.00. The molecule has 1 aromatic rings. The van der Waals surface area contributed by atoms with Gasteiger partial charge in [-0.15, -0.1) is 11.8 Å². The van der Waals surface area contributed by atoms with Crippen molar-refractivity contribution in [1.29, 1.82) is 0 Å². The highest BCUT2D eigenvalue weighted by molar-refractivity contribution is 7.99. The number of benzene rings is 1. The van der Waals surface area contributed by atoms with Crippen molar-refractivity contribution in [2.45, 2.75) is 24.3 Å². The third-order valence-corrected chi connectivity index (χ3v) is 4.46. The molecular formula is C14H20N2OS. The molecule has 4 heteroatoms. The summed E-state index contributed by atoms with van der Waals surface area (Å²) in [7, 11) is 0. The molecule has 1 unspecified atom stereocenters. The highest BCUT2D eigenvalue weighted by atomic mass is 32.2. The van der Waals surface area contributed by atoms with Crippen molar-refractivity contribution < 1.29 is 4.79 Å². The fraction of sp³-hybridized carbons (Fsp3) is 0.500. The van der Waals surface area contributed by atoms with Gasteiger partial charge in [-0.05, 0) is 31.4 Å². The van der Waals surface area contributed by atoms with Crippen LogP contribution in [0.3, 0.4) is 0 Å². The third kappa shape index (κ3) is 3.50. The first kappa shape index (κ1) is 13.4. The molecule has 98 valence electrons. The number of hydrogen-bond donors (Lipinski definition) is 1. The second kappa shape index (κ2) is 6.25. The van der Waals surface area contributed by atoms with Gasteiger partial charge in [-0.2, -0.15) is 0 Å². The molecule has 2 N–H and O–H groups in total. The quantitative estimate of drug-likeness (QED) is 0.846. The molecule has 1 aliphatic heterocycles. The Labute approximate surface area is 113 Å². The van der Waals surface area contributed by atoms with Gasteiger partial charge in [0.15, 0.2) is 0 Å². The second-order valence-electron chi connectivity index (χ2n) is 4.85. The van der Waals surface area contributed by atoms with Gasteiger partial charge in [-0.1, -0.05) is 18.2 Å². The number of thioether (sulfide) groups is 1. The molecule has 0 aliphatic carbocycles. The van der Waals surface area contributed by atoms with Crippen LogP contribution in [0.25, 0.3) is 0 Å². The second-order valence-corrected chi connectivity index (χ2v) is 5.95. The third-order valence-electron chi connectivity index (χ3n) is 3.22. The average molecular weight is 264 g/mol. The maximum atomic E-state index is 11.8. The number of nitrogens with zero attached hydrogens (tertiary/aromatic N) is 1. The summed E-state index contributed by atoms with van der Waals surface area (Å²) in [5, 5.41) is 0. The van der Waals surface area contributed by atoms with Gasteiger partial charge >= 0.3 is 0 Å². The number of carbonyl (C=O) groups is 1. The molecule has 1 aromatic carbocycles. The highest BCUT2D eigenvalue weighted by Gasteiger charge is 2.27. The van der Waals surface area contributed by atoms with Gasteiger partial charge < -0.3 is 10.6 Å². The zero-order valence-corrected chi connectivity index (χ0v) is 11.5. The van der Waals surface area contributed by atoms with Crippen LogP contribution in [0, 0.1) is 5.92 Å². The molecule has 0 saturated carbocycles. The topological polar surface area (TPSA) is 46.3 Å². The molecule has 1 amide bonds. The number of amides is 1. The van der Waals surface area contributed by atoms with E-state index in [-0.39, 0.29) is 11.9 Å². The van der Waals surface area contributed by atoms with Crippen LogP contribution in [-0.2, 0) is 4.79 Å². The van der Waals surface area contributed by atoms with E-state index in [1.807, 2.05) is 22.7 Å². The van der Waals surface area contributed by atoms with Crippen LogP contribution >= 0.6 is 11.8 Å². The van der Waals surface area contributed by atoms with Gasteiger partial charge in [0.25, 0.3) is 0 Å². The zero-order chi connectivity index (χ0) is 13.0. The lowest BCUT2D eigenvalue weighted by Gasteiger charge is -2.18. The molecule has 1 aliphatic rings. The van der Waals surface area contributed by atoms with Crippen molar-refractivity contribution in [2.75, 3.05) is 18.8 Å². The number of nitrogens with two attached hydrogens (primary N) is 1. The molecule has 2 rings (SSSR count). The summed E-state index contributed by atoms with van der Waals surface area (Å²) in [6.07, 6.45) is 1.10. The minimum Gasteiger partial charge on any atom is -0.341 e. The van der Waals surface area contributed by atoms with E-state index in [9.17, 15) is 4.79 Å². The van der Waals surface area contributed by atoms with Gasteiger partial charge in [-0.3, -0.25) is 4.79 Å². The van der Waals surface area contributed by atoms with Crippen LogP contribution < -0.4 is 5.73 Å². The lowest BCUT2D eigenvalue weighted by molar-refractivity contribution is -0.131. The number of likely N-dealkylation sites (tertiary alicyclic amines) is 1. The van der Waals surface area contributed by atoms with Crippen LogP contribution in [0.15, 0.2) is 35.2 Å². The van der Waals surface area contributed by atoms with Gasteiger partial charge in [0.2, 0.25) is 5.91 Å². The standard InChI is InChI=1S/C14H20N2OS/c1-11(15)14(17)16-8-7-12(9-16)10-18-13-5-3-2-4-6-13/h2-6,11-12H,7-10,15H2,1H3/t11-,12?/m0/s1. The van der Waals surface area contributed by atoms with Crippen LogP contribution in [0.5, 0.6) is 0 Å². The Bertz CT molecular complexity index is 394. The van der Waals surface area contributed by atoms with Crippen molar-refractivity contribution in [1.82, 2.24) is 4.90 Å². The van der Waals surface area contributed by atoms with Crippen molar-refractivity contribution in [3.05, 3.63) is 30.3 Å². The van der Waals surface area contributed by atoms with E-state index in [0.29, 0.717) is 5.92 Å². The summed E-state index contributed by atoms with van der Waals surface area (Å²) in [5.41, 5.74) is 5.63. The molecule has 18 heavy (non-hydrogen) atoms. The Morgan fingerprint density at radius 1 is 1.50 bits per heavy atom. The fourth-order valence-electron chi connectivity index (χ4n) is 2.19. The lowest BCUT2D eigenvalue weighted by Crippen LogP contribution is -2.40. The number of rotatable bonds is 4. The molecule has 0 spiro atoms. The molecule has 0 radical (unpaired) electrons. The Balaban J connectivity index is 1.78. The minimum atomic E-state index is -0.370. The maximum absolute atomic E-state index is 11.8. The van der Waals surface area contributed by atoms with E-state index in [4.69, 9.17) is 5.73 Å². The summed E-state index contributed by atoms with van der Waals surface area (Å²) in [4.78, 5) is 15.0. The summed E-state index contributed by atoms with van der Waals surface area (Å²) < 4.78 is 0. The summed E-state index contributed by atoms with van der Waals surface area (Å²) in [6, 6.07) is 10.0. The largest absolute Gasteiger partial charge is 0.341 e. The van der Waals surface area contributed by atoms with Gasteiger partial charge in [-0.25, -0.2) is 0 Å². The summed E-state index contributed by atoms with van der Waals surface area (Å²) >= 11 is 1.87. The molecule has 1 saturated heterocycles. The van der Waals surface area contributed by atoms with E-state index in [2.05, 4.69) is 24.3 Å². The van der Waals surface area contributed by atoms with E-state index in [1.54, 1.807) is 6.92 Å². The molecule has 0 aromatic heterocycles. The first-order valence-electron chi connectivity index (χ1n) is 6.39. The van der Waals surface area contributed by atoms with Gasteiger partial charge in [0.1, 0.15) is 0 Å². The van der Waals surface area contributed by atoms with Crippen molar-refractivity contribution in [3.8, 4) is 0 Å². The molecule has 3 nitrogen and oxygen atoms in total. The van der Waals surface area contributed by atoms with Crippen LogP contribution in [0.1, 0.15) is 13.3 Å². The van der Waals surface area contributed by atoms with E-state index in [1.165, 1.54) is 4.90 Å². The molecule has 1 fully saturated rings. The van der Waals surface area contributed by atoms with Crippen LogP contribution in [-0.4, -0.2) is 35.7 Å². The van der Waals surface area contributed by atoms with Crippen LogP contribution in [0.4, 0.5) is 0 Å². The van der Waals surface area contributed by atoms with Crippen molar-refractivity contribution in [2.24, 2.45) is 11.7 Å². The minimum absolute atomic E-state index is 0.0854. The van der Waals surface area contributed by atoms with Gasteiger partial charge in [0.05, 0.1) is 6.04 Å². The summed E-state index contributed by atoms with van der Waals surface area (Å²) in [6.45, 7) is 3.48. The van der Waals surface area contributed by atoms with E-state index in [0.717, 1.165) is 25.3 Å². The van der Waals surface area contributed by atoms with Crippen molar-refractivity contribution >= 4 is 17.7 Å². The van der Waals surface area contributed by atoms with Crippen molar-refractivity contribution in [3.63, 3.8) is 0 Å². The monoisotopic (exact) mass is 264 g/mol. The van der Waals surface area contributed by atoms with E-state index >= 15 is 0 Å². The SMILES string of the molecule is C[C@H](N)C(=O)N1CCC(CSc2ccccc2)C1. The molecular weight excluding hydrogens is 244 g/mol. The Kier molecular flexibility index (Phi) is 4.66. The zero-order valence-electron chi connectivity index (χ0n) is 10.7. The average Bonchev–Trinajstić information content (AvgIpc) is 2.85. The Morgan fingerprint density at radius 3 is 2.89 bits per heavy atom. The predicted octanol–water partition coefficient (Wildman–Crippen LogP) is 1.97. The van der Waals surface area contributed by atoms with E-state index < -0.39 is 0 Å².